The summed E-state index contributed by atoms with van der Waals surface area (Å²) in [5.74, 6) is -1.02. The molecule has 0 aliphatic heterocycles. The largest absolute Gasteiger partial charge is 0.504 e. The summed E-state index contributed by atoms with van der Waals surface area (Å²) in [6, 6.07) is 11.0. The molecule has 9 nitrogen and oxygen atoms in total. The first-order valence-corrected chi connectivity index (χ1v) is 10.8. The molecule has 174 valence electrons. The van der Waals surface area contributed by atoms with Gasteiger partial charge in [-0.2, -0.15) is 0 Å². The third-order valence-electron chi connectivity index (χ3n) is 5.68. The fraction of sp³-hybridized carbons (Fsp3) is 0.280. The van der Waals surface area contributed by atoms with Crippen molar-refractivity contribution in [3.05, 3.63) is 81.1 Å². The number of carbonyl (C=O) groups excluding carboxylic acids is 2. The van der Waals surface area contributed by atoms with E-state index in [9.17, 15) is 19.6 Å². The fourth-order valence-corrected chi connectivity index (χ4v) is 3.54. The smallest absolute Gasteiger partial charge is 0.167 e. The van der Waals surface area contributed by atoms with Crippen LogP contribution in [0.5, 0.6) is 11.5 Å². The summed E-state index contributed by atoms with van der Waals surface area (Å²) in [5.41, 5.74) is 9.94. The monoisotopic (exact) mass is 460 g/mol. The number of nitrogens with zero attached hydrogens (tertiary/aromatic N) is 4. The maximum Gasteiger partial charge on any atom is 0.167 e. The Morgan fingerprint density at radius 1 is 1.09 bits per heavy atom. The predicted molar refractivity (Wildman–Crippen MR) is 128 cm³/mol. The number of aromatic hydroxyl groups is 1. The van der Waals surface area contributed by atoms with Crippen LogP contribution in [0.3, 0.4) is 0 Å². The highest BCUT2D eigenvalue weighted by molar-refractivity contribution is 6.13. The second-order valence-corrected chi connectivity index (χ2v) is 7.97. The van der Waals surface area contributed by atoms with Crippen molar-refractivity contribution < 1.29 is 19.4 Å². The molecule has 1 fully saturated rings. The number of ether oxygens (including phenoxy) is 1. The molecule has 1 aliphatic rings. The van der Waals surface area contributed by atoms with Crippen LogP contribution in [0.25, 0.3) is 22.6 Å². The predicted octanol–water partition coefficient (Wildman–Crippen LogP) is 6.11. The summed E-state index contributed by atoms with van der Waals surface area (Å²) in [5, 5.41) is 16.0. The average Bonchev–Trinajstić information content (AvgIpc) is 2.82. The van der Waals surface area contributed by atoms with Crippen LogP contribution >= 0.6 is 0 Å². The minimum Gasteiger partial charge on any atom is -0.504 e. The van der Waals surface area contributed by atoms with Crippen molar-refractivity contribution in [3.63, 3.8) is 0 Å². The molecule has 1 atom stereocenters. The highest BCUT2D eigenvalue weighted by atomic mass is 16.5. The minimum absolute atomic E-state index is 0.114. The highest BCUT2D eigenvalue weighted by Crippen LogP contribution is 2.33. The van der Waals surface area contributed by atoms with E-state index >= 15 is 0 Å². The van der Waals surface area contributed by atoms with Gasteiger partial charge in [-0.1, -0.05) is 54.7 Å². The number of benzene rings is 2. The first kappa shape index (κ1) is 24.4. The molecule has 34 heavy (non-hydrogen) atoms. The fourth-order valence-electron chi connectivity index (χ4n) is 3.54. The molecule has 2 aromatic rings. The van der Waals surface area contributed by atoms with Crippen molar-refractivity contribution in [2.24, 2.45) is 22.1 Å². The topological polar surface area (TPSA) is 142 Å². The molecule has 1 N–H and O–H groups in total. The van der Waals surface area contributed by atoms with Crippen molar-refractivity contribution >= 4 is 29.4 Å². The molecule has 9 heteroatoms. The van der Waals surface area contributed by atoms with Gasteiger partial charge in [0.25, 0.3) is 0 Å². The van der Waals surface area contributed by atoms with Crippen molar-refractivity contribution in [1.29, 1.82) is 0 Å². The Bertz CT molecular complexity index is 1150. The molecule has 1 aliphatic carbocycles. The van der Waals surface area contributed by atoms with Crippen molar-refractivity contribution in [1.82, 2.24) is 0 Å². The second kappa shape index (κ2) is 12.1. The van der Waals surface area contributed by atoms with E-state index in [-0.39, 0.29) is 29.8 Å². The minimum atomic E-state index is -0.786. The van der Waals surface area contributed by atoms with Gasteiger partial charge in [0.1, 0.15) is 5.69 Å². The number of phenols is 1. The first-order valence-electron chi connectivity index (χ1n) is 10.8. The number of allylic oxidation sites excluding steroid dienone is 2. The molecule has 0 bridgehead atoms. The number of nitroso groups, excluding NO2 is 1. The summed E-state index contributed by atoms with van der Waals surface area (Å²) in [6.07, 6.45) is 9.56. The van der Waals surface area contributed by atoms with E-state index in [1.165, 1.54) is 24.3 Å². The Kier molecular flexibility index (Phi) is 8.71. The molecule has 2 aromatic carbocycles. The number of hydrogen-bond acceptors (Lipinski definition) is 7. The molecule has 0 saturated heterocycles. The maximum atomic E-state index is 13.0. The molecule has 3 rings (SSSR count). The van der Waals surface area contributed by atoms with E-state index in [0.29, 0.717) is 23.6 Å². The van der Waals surface area contributed by atoms with Crippen LogP contribution in [-0.2, 0) is 9.59 Å². The summed E-state index contributed by atoms with van der Waals surface area (Å²) in [6.45, 7) is -0.283. The van der Waals surface area contributed by atoms with Gasteiger partial charge in [-0.15, -0.1) is 4.91 Å². The van der Waals surface area contributed by atoms with Gasteiger partial charge in [-0.05, 0) is 70.6 Å². The number of ketones is 2. The molecule has 0 spiro atoms. The zero-order valence-electron chi connectivity index (χ0n) is 18.4. The van der Waals surface area contributed by atoms with Gasteiger partial charge in [0.2, 0.25) is 0 Å². The summed E-state index contributed by atoms with van der Waals surface area (Å²) >= 11 is 0. The van der Waals surface area contributed by atoms with Gasteiger partial charge >= 0.3 is 0 Å². The van der Waals surface area contributed by atoms with E-state index in [4.69, 9.17) is 10.3 Å². The van der Waals surface area contributed by atoms with Crippen LogP contribution < -0.4 is 4.74 Å². The number of phenolic OH excluding ortho intramolecular Hbond substituents is 1. The van der Waals surface area contributed by atoms with Crippen LogP contribution in [0.15, 0.2) is 64.9 Å². The number of rotatable bonds is 12. The number of hydrogen-bond donors (Lipinski definition) is 1. The van der Waals surface area contributed by atoms with E-state index in [1.807, 2.05) is 0 Å². The quantitative estimate of drug-likeness (QED) is 0.102. The average molecular weight is 460 g/mol. The SMILES string of the molecule is [N-]=[N+]=NCOc1cc(/C=C/C(=O)C(CC2CCC2)C(=O)/C=C/c2ccc(N=O)cc2)ccc1O. The Morgan fingerprint density at radius 3 is 2.32 bits per heavy atom. The van der Waals surface area contributed by atoms with Crippen LogP contribution in [0.1, 0.15) is 36.8 Å². The van der Waals surface area contributed by atoms with Gasteiger partial charge in [-0.3, -0.25) is 9.59 Å². The lowest BCUT2D eigenvalue weighted by Crippen LogP contribution is -2.26. The van der Waals surface area contributed by atoms with Crippen molar-refractivity contribution in [3.8, 4) is 11.5 Å². The number of carbonyl (C=O) groups is 2. The molecular weight excluding hydrogens is 436 g/mol. The zero-order valence-corrected chi connectivity index (χ0v) is 18.4. The Morgan fingerprint density at radius 2 is 1.74 bits per heavy atom. The zero-order chi connectivity index (χ0) is 24.3. The van der Waals surface area contributed by atoms with Crippen LogP contribution in [0.4, 0.5) is 5.69 Å². The summed E-state index contributed by atoms with van der Waals surface area (Å²) in [4.78, 5) is 39.0. The first-order chi connectivity index (χ1) is 16.5. The lowest BCUT2D eigenvalue weighted by Gasteiger charge is -2.27. The second-order valence-electron chi connectivity index (χ2n) is 7.97. The Labute approximate surface area is 196 Å². The van der Waals surface area contributed by atoms with Crippen LogP contribution in [0, 0.1) is 16.7 Å². The lowest BCUT2D eigenvalue weighted by atomic mass is 9.76. The van der Waals surface area contributed by atoms with Crippen molar-refractivity contribution in [2.75, 3.05) is 6.73 Å². The van der Waals surface area contributed by atoms with E-state index < -0.39 is 5.92 Å². The third kappa shape index (κ3) is 6.88. The van der Waals surface area contributed by atoms with Crippen molar-refractivity contribution in [2.45, 2.75) is 25.7 Å². The molecule has 1 unspecified atom stereocenters. The number of azide groups is 1. The standard InChI is InChI=1S/C25H24N4O5/c26-29-27-16-34-25-15-19(8-13-24(25)32)7-12-23(31)21(14-18-2-1-3-18)22(30)11-6-17-4-9-20(28-33)10-5-17/h4-13,15,18,21,32H,1-3,14,16H2/b11-6+,12-7+. The van der Waals surface area contributed by atoms with Gasteiger partial charge in [0.15, 0.2) is 29.8 Å². The Hall–Kier alpha value is -4.23. The van der Waals surface area contributed by atoms with Gasteiger partial charge in [-0.25, -0.2) is 0 Å². The maximum absolute atomic E-state index is 13.0. The van der Waals surface area contributed by atoms with E-state index in [1.54, 1.807) is 42.5 Å². The normalized spacial score (nSPS) is 14.4. The third-order valence-corrected chi connectivity index (χ3v) is 5.68. The van der Waals surface area contributed by atoms with Gasteiger partial charge < -0.3 is 9.84 Å². The molecule has 0 aromatic heterocycles. The Balaban J connectivity index is 1.72. The van der Waals surface area contributed by atoms with E-state index in [0.717, 1.165) is 24.8 Å². The molecule has 1 saturated carbocycles. The summed E-state index contributed by atoms with van der Waals surface area (Å²) < 4.78 is 5.20. The molecule has 0 radical (unpaired) electrons. The van der Waals surface area contributed by atoms with Gasteiger partial charge in [0, 0.05) is 4.91 Å². The molecule has 0 heterocycles. The van der Waals surface area contributed by atoms with E-state index in [2.05, 4.69) is 15.2 Å². The van der Waals surface area contributed by atoms with Gasteiger partial charge in [0.05, 0.1) is 5.92 Å². The molecule has 0 amide bonds. The van der Waals surface area contributed by atoms with Crippen LogP contribution in [-0.4, -0.2) is 23.4 Å². The highest BCUT2D eigenvalue weighted by Gasteiger charge is 2.29. The molecular formula is C25H24N4O5. The van der Waals surface area contributed by atoms with Crippen LogP contribution in [0.2, 0.25) is 0 Å². The lowest BCUT2D eigenvalue weighted by molar-refractivity contribution is -0.128. The summed E-state index contributed by atoms with van der Waals surface area (Å²) in [7, 11) is 0.